The second kappa shape index (κ2) is 28.1. The van der Waals surface area contributed by atoms with Crippen LogP contribution in [-0.4, -0.2) is 46.6 Å². The average molecular weight is 965 g/mol. The summed E-state index contributed by atoms with van der Waals surface area (Å²) in [6.45, 7) is 26.3. The van der Waals surface area contributed by atoms with E-state index in [1.807, 2.05) is 0 Å². The molecule has 6 nitrogen and oxygen atoms in total. The molecule has 6 atom stereocenters. The zero-order valence-corrected chi connectivity index (χ0v) is 46.7. The van der Waals surface area contributed by atoms with Crippen molar-refractivity contribution >= 4 is 11.9 Å². The molecule has 4 rings (SSSR count). The molecule has 2 saturated carbocycles. The van der Waals surface area contributed by atoms with Gasteiger partial charge in [0, 0.05) is 36.5 Å². The van der Waals surface area contributed by atoms with Gasteiger partial charge in [-0.25, -0.2) is 0 Å². The lowest BCUT2D eigenvalue weighted by Gasteiger charge is -2.40. The molecular formula is C64H100O6. The van der Waals surface area contributed by atoms with Crippen LogP contribution in [0.2, 0.25) is 0 Å². The summed E-state index contributed by atoms with van der Waals surface area (Å²) in [7, 11) is 0. The Balaban J connectivity index is 1.16. The minimum Gasteiger partial charge on any atom is -0.462 e. The summed E-state index contributed by atoms with van der Waals surface area (Å²) < 4.78 is 25.2. The minimum absolute atomic E-state index is 0.0545. The highest BCUT2D eigenvalue weighted by Gasteiger charge is 2.76. The van der Waals surface area contributed by atoms with Crippen LogP contribution < -0.4 is 0 Å². The van der Waals surface area contributed by atoms with Crippen molar-refractivity contribution in [2.24, 2.45) is 10.8 Å². The molecule has 0 N–H and O–H groups in total. The van der Waals surface area contributed by atoms with Crippen LogP contribution in [0.5, 0.6) is 0 Å². The van der Waals surface area contributed by atoms with E-state index in [0.29, 0.717) is 12.8 Å². The van der Waals surface area contributed by atoms with Gasteiger partial charge in [0.2, 0.25) is 0 Å². The molecule has 392 valence electrons. The molecule has 0 bridgehead atoms. The topological polar surface area (TPSA) is 77.7 Å². The van der Waals surface area contributed by atoms with E-state index in [-0.39, 0.29) is 57.4 Å². The Morgan fingerprint density at radius 3 is 1.06 bits per heavy atom. The first-order valence-corrected chi connectivity index (χ1v) is 28.2. The molecule has 2 saturated heterocycles. The number of epoxide rings is 2. The van der Waals surface area contributed by atoms with Gasteiger partial charge in [0.1, 0.15) is 34.6 Å². The fourth-order valence-electron chi connectivity index (χ4n) is 11.7. The molecule has 0 aromatic heterocycles. The molecular weight excluding hydrogens is 865 g/mol. The fraction of sp³-hybridized carbons (Fsp3) is 0.688. The van der Waals surface area contributed by atoms with Gasteiger partial charge in [-0.05, 0) is 79.4 Å². The molecule has 2 aliphatic heterocycles. The van der Waals surface area contributed by atoms with Crippen LogP contribution in [0.3, 0.4) is 0 Å². The Morgan fingerprint density at radius 2 is 0.729 bits per heavy atom. The lowest BCUT2D eigenvalue weighted by Crippen LogP contribution is -2.47. The van der Waals surface area contributed by atoms with E-state index in [9.17, 15) is 9.59 Å². The van der Waals surface area contributed by atoms with Crippen molar-refractivity contribution in [2.75, 3.05) is 0 Å². The predicted molar refractivity (Wildman–Crippen MR) is 295 cm³/mol. The normalized spacial score (nSPS) is 28.9. The highest BCUT2D eigenvalue weighted by Crippen LogP contribution is 2.67. The van der Waals surface area contributed by atoms with Gasteiger partial charge in [0.15, 0.2) is 0 Å². The van der Waals surface area contributed by atoms with Gasteiger partial charge < -0.3 is 18.9 Å². The van der Waals surface area contributed by atoms with E-state index in [1.54, 1.807) is 0 Å². The number of unbranched alkanes of at least 4 members (excludes halogenated alkanes) is 16. The number of esters is 2. The molecule has 4 aliphatic rings. The van der Waals surface area contributed by atoms with E-state index in [4.69, 9.17) is 18.9 Å². The maximum Gasteiger partial charge on any atom is 0.306 e. The van der Waals surface area contributed by atoms with Crippen molar-refractivity contribution in [3.63, 3.8) is 0 Å². The first-order valence-electron chi connectivity index (χ1n) is 28.2. The monoisotopic (exact) mass is 965 g/mol. The maximum atomic E-state index is 12.8. The van der Waals surface area contributed by atoms with Gasteiger partial charge in [0.25, 0.3) is 0 Å². The standard InChI is InChI=1S/C64H100O6/c1-13-15-17-19-21-23-25-27-29-41-57(65)67-55-47-59(7,8)63(61(11,49-55)69-63)45-43-53(5)39-33-37-51(3)35-31-32-36-52(4)38-34-40-54(6)44-46-64-60(9,10)48-56(50-62(64,12)70-64)68-58(66)42-30-28-26-24-22-20-18-16-14-2/h31-40,43-46,55-56H,13-30,41-42,47-50H2,1-12H3/b32-31+,37-33+,38-34+,45-43+,46-44+,51-35+,52-36+,53-39+,54-40+/t55-,56-,61+,62+,63-,64-/m0/s1. The van der Waals surface area contributed by atoms with Crippen LogP contribution in [0, 0.1) is 10.8 Å². The van der Waals surface area contributed by atoms with Gasteiger partial charge in [0.05, 0.1) is 0 Å². The number of hydrogen-bond acceptors (Lipinski definition) is 6. The molecule has 2 aliphatic carbocycles. The maximum absolute atomic E-state index is 12.8. The number of hydrogen-bond donors (Lipinski definition) is 0. The highest BCUT2D eigenvalue weighted by molar-refractivity contribution is 5.70. The van der Waals surface area contributed by atoms with Crippen LogP contribution in [0.25, 0.3) is 0 Å². The second-order valence-corrected chi connectivity index (χ2v) is 23.5. The first-order chi connectivity index (χ1) is 33.3. The van der Waals surface area contributed by atoms with E-state index in [1.165, 1.54) is 89.9 Å². The Morgan fingerprint density at radius 1 is 0.429 bits per heavy atom. The SMILES string of the molecule is CCCCCCCCCCCC(=O)O[C@H]1CC(C)(C)[C@]2(/C=C/C(C)=C/C=C/C(C)=C/C=C/C=C(C)/C=C/C=C(C)/C=C/[C@@]34O[C@]3(C)C[C@@H](OC(=O)CCCCCCCCCCC)CC4(C)C)O[C@]2(C)C1. The summed E-state index contributed by atoms with van der Waals surface area (Å²) in [6, 6.07) is 0. The molecule has 0 radical (unpaired) electrons. The van der Waals surface area contributed by atoms with E-state index >= 15 is 0 Å². The van der Waals surface area contributed by atoms with Crippen LogP contribution in [-0.2, 0) is 28.5 Å². The van der Waals surface area contributed by atoms with Crippen LogP contribution in [0.1, 0.15) is 237 Å². The molecule has 0 amide bonds. The van der Waals surface area contributed by atoms with E-state index in [0.717, 1.165) is 73.7 Å². The van der Waals surface area contributed by atoms with Gasteiger partial charge in [-0.3, -0.25) is 9.59 Å². The van der Waals surface area contributed by atoms with Crippen molar-refractivity contribution in [2.45, 2.75) is 272 Å². The number of carbonyl (C=O) groups excluding carboxylic acids is 2. The van der Waals surface area contributed by atoms with Crippen molar-refractivity contribution in [3.05, 3.63) is 107 Å². The van der Waals surface area contributed by atoms with Crippen molar-refractivity contribution in [1.82, 2.24) is 0 Å². The summed E-state index contributed by atoms with van der Waals surface area (Å²) in [5.74, 6) is -0.109. The molecule has 0 spiro atoms. The Kier molecular flexibility index (Phi) is 23.7. The van der Waals surface area contributed by atoms with Gasteiger partial charge >= 0.3 is 11.9 Å². The molecule has 4 fully saturated rings. The highest BCUT2D eigenvalue weighted by atomic mass is 16.6. The zero-order chi connectivity index (χ0) is 51.3. The van der Waals surface area contributed by atoms with Crippen LogP contribution in [0.15, 0.2) is 107 Å². The third kappa shape index (κ3) is 17.6. The molecule has 2 heterocycles. The number of ether oxygens (including phenoxy) is 4. The fourth-order valence-corrected chi connectivity index (χ4v) is 11.7. The van der Waals surface area contributed by atoms with Gasteiger partial charge in [-0.2, -0.15) is 0 Å². The summed E-state index contributed by atoms with van der Waals surface area (Å²) in [6.07, 6.45) is 56.2. The molecule has 70 heavy (non-hydrogen) atoms. The minimum atomic E-state index is -0.357. The third-order valence-corrected chi connectivity index (χ3v) is 16.0. The lowest BCUT2D eigenvalue weighted by molar-refractivity contribution is -0.153. The average Bonchev–Trinajstić information content (AvgIpc) is 4.13. The van der Waals surface area contributed by atoms with Gasteiger partial charge in [-0.1, -0.05) is 239 Å². The Hall–Kier alpha value is -3.48. The number of carbonyl (C=O) groups is 2. The van der Waals surface area contributed by atoms with Gasteiger partial charge in [-0.15, -0.1) is 0 Å². The largest absolute Gasteiger partial charge is 0.462 e. The van der Waals surface area contributed by atoms with Crippen LogP contribution in [0.4, 0.5) is 0 Å². The van der Waals surface area contributed by atoms with Crippen molar-refractivity contribution in [3.8, 4) is 0 Å². The zero-order valence-electron chi connectivity index (χ0n) is 46.7. The van der Waals surface area contributed by atoms with E-state index in [2.05, 4.69) is 168 Å². The van der Waals surface area contributed by atoms with Crippen LogP contribution >= 0.6 is 0 Å². The number of rotatable bonds is 32. The number of fused-ring (bicyclic) bond motifs is 2. The molecule has 0 unspecified atom stereocenters. The van der Waals surface area contributed by atoms with Crippen molar-refractivity contribution < 1.29 is 28.5 Å². The summed E-state index contributed by atoms with van der Waals surface area (Å²) in [4.78, 5) is 25.6. The summed E-state index contributed by atoms with van der Waals surface area (Å²) >= 11 is 0. The molecule has 0 aromatic carbocycles. The smallest absolute Gasteiger partial charge is 0.306 e. The summed E-state index contributed by atoms with van der Waals surface area (Å²) in [5, 5.41) is 0. The van der Waals surface area contributed by atoms with E-state index < -0.39 is 0 Å². The quantitative estimate of drug-likeness (QED) is 0.0289. The predicted octanol–water partition coefficient (Wildman–Crippen LogP) is 17.9. The summed E-state index contributed by atoms with van der Waals surface area (Å²) in [5.41, 5.74) is 2.96. The Labute approximate surface area is 428 Å². The van der Waals surface area contributed by atoms with Crippen molar-refractivity contribution in [1.29, 1.82) is 0 Å². The lowest BCUT2D eigenvalue weighted by atomic mass is 9.63. The molecule has 6 heteroatoms. The third-order valence-electron chi connectivity index (χ3n) is 16.0. The first kappa shape index (κ1) is 59.1. The number of allylic oxidation sites excluding steroid dienone is 16. The second-order valence-electron chi connectivity index (χ2n) is 23.5. The molecule has 0 aromatic rings. The Bertz CT molecular complexity index is 1810.